The number of nitrogens with one attached hydrogen (secondary N) is 2. The highest BCUT2D eigenvalue weighted by Gasteiger charge is 2.06. The van der Waals surface area contributed by atoms with Crippen molar-refractivity contribution in [1.29, 1.82) is 0 Å². The van der Waals surface area contributed by atoms with Crippen molar-refractivity contribution in [2.45, 2.75) is 6.54 Å². The van der Waals surface area contributed by atoms with Crippen LogP contribution < -0.4 is 15.4 Å². The van der Waals surface area contributed by atoms with Gasteiger partial charge in [0.2, 0.25) is 0 Å². The maximum Gasteiger partial charge on any atom is 0.414 e. The van der Waals surface area contributed by atoms with E-state index in [0.717, 1.165) is 15.8 Å². The number of aliphatic carboxylic acids is 2. The predicted molar refractivity (Wildman–Crippen MR) is 111 cm³/mol. The number of carboxylic acid groups (broad SMARTS) is 2. The lowest BCUT2D eigenvalue weighted by Crippen LogP contribution is -2.31. The second kappa shape index (κ2) is 12.8. The summed E-state index contributed by atoms with van der Waals surface area (Å²) in [5.41, 5.74) is 1.66. The van der Waals surface area contributed by atoms with Crippen LogP contribution in [0, 0.1) is 0 Å². The van der Waals surface area contributed by atoms with Crippen LogP contribution >= 0.6 is 27.5 Å². The van der Waals surface area contributed by atoms with E-state index in [1.165, 1.54) is 0 Å². The molecule has 0 spiro atoms. The molecular weight excluding hydrogens is 468 g/mol. The van der Waals surface area contributed by atoms with Gasteiger partial charge in [0, 0.05) is 40.3 Å². The Bertz CT molecular complexity index is 833. The highest BCUT2D eigenvalue weighted by molar-refractivity contribution is 9.10. The Morgan fingerprint density at radius 1 is 1.03 bits per heavy atom. The minimum atomic E-state index is -1.82. The minimum absolute atomic E-state index is 0.108. The van der Waals surface area contributed by atoms with E-state index in [1.807, 2.05) is 18.2 Å². The van der Waals surface area contributed by atoms with E-state index in [4.69, 9.17) is 36.1 Å². The van der Waals surface area contributed by atoms with Crippen LogP contribution in [0.3, 0.4) is 0 Å². The molecule has 0 bridgehead atoms. The van der Waals surface area contributed by atoms with Gasteiger partial charge in [-0.3, -0.25) is 4.79 Å². The first-order chi connectivity index (χ1) is 13.7. The Morgan fingerprint density at radius 2 is 1.66 bits per heavy atom. The van der Waals surface area contributed by atoms with Crippen LogP contribution in [0.4, 0.5) is 0 Å². The van der Waals surface area contributed by atoms with Crippen LogP contribution in [0.15, 0.2) is 46.9 Å². The second-order valence-corrected chi connectivity index (χ2v) is 6.86. The SMILES string of the molecule is COc1ccc(Br)cc1CNCCNC(=O)c1ccc(Cl)cc1.O=C(O)C(=O)O. The van der Waals surface area contributed by atoms with Gasteiger partial charge in [0.1, 0.15) is 5.75 Å². The lowest BCUT2D eigenvalue weighted by Gasteiger charge is -2.11. The van der Waals surface area contributed by atoms with Crippen molar-refractivity contribution in [3.63, 3.8) is 0 Å². The average molecular weight is 488 g/mol. The molecule has 0 aliphatic rings. The summed E-state index contributed by atoms with van der Waals surface area (Å²) in [6.07, 6.45) is 0. The fourth-order valence-electron chi connectivity index (χ4n) is 2.08. The molecule has 0 aromatic heterocycles. The molecule has 0 unspecified atom stereocenters. The molecule has 4 N–H and O–H groups in total. The lowest BCUT2D eigenvalue weighted by atomic mass is 10.2. The number of carboxylic acids is 2. The first kappa shape index (κ1) is 24.4. The van der Waals surface area contributed by atoms with Gasteiger partial charge in [-0.05, 0) is 42.5 Å². The highest BCUT2D eigenvalue weighted by Crippen LogP contribution is 2.22. The number of halogens is 2. The first-order valence-corrected chi connectivity index (χ1v) is 9.44. The minimum Gasteiger partial charge on any atom is -0.496 e. The Kier molecular flexibility index (Phi) is 10.7. The second-order valence-electron chi connectivity index (χ2n) is 5.51. The third kappa shape index (κ3) is 9.42. The van der Waals surface area contributed by atoms with Crippen LogP contribution in [-0.4, -0.2) is 48.3 Å². The molecule has 0 aliphatic carbocycles. The summed E-state index contributed by atoms with van der Waals surface area (Å²) in [5.74, 6) is -2.92. The van der Waals surface area contributed by atoms with Crippen molar-refractivity contribution in [2.75, 3.05) is 20.2 Å². The number of methoxy groups -OCH3 is 1. The number of hydrogen-bond donors (Lipinski definition) is 4. The zero-order chi connectivity index (χ0) is 21.8. The molecule has 29 heavy (non-hydrogen) atoms. The van der Waals surface area contributed by atoms with Crippen LogP contribution in [0.2, 0.25) is 5.02 Å². The monoisotopic (exact) mass is 486 g/mol. The van der Waals surface area contributed by atoms with Crippen LogP contribution in [0.1, 0.15) is 15.9 Å². The van der Waals surface area contributed by atoms with E-state index < -0.39 is 11.9 Å². The zero-order valence-electron chi connectivity index (χ0n) is 15.4. The van der Waals surface area contributed by atoms with Crippen molar-refractivity contribution in [3.8, 4) is 5.75 Å². The number of carbonyl (C=O) groups is 3. The van der Waals surface area contributed by atoms with E-state index in [-0.39, 0.29) is 5.91 Å². The molecule has 0 aliphatic heterocycles. The van der Waals surface area contributed by atoms with Gasteiger partial charge in [0.05, 0.1) is 7.11 Å². The van der Waals surface area contributed by atoms with E-state index >= 15 is 0 Å². The molecule has 0 saturated heterocycles. The van der Waals surface area contributed by atoms with Gasteiger partial charge in [-0.15, -0.1) is 0 Å². The van der Waals surface area contributed by atoms with Crippen LogP contribution in [0.5, 0.6) is 5.75 Å². The van der Waals surface area contributed by atoms with Gasteiger partial charge in [-0.2, -0.15) is 0 Å². The molecule has 0 saturated carbocycles. The van der Waals surface area contributed by atoms with Gasteiger partial charge >= 0.3 is 11.9 Å². The van der Waals surface area contributed by atoms with Crippen molar-refractivity contribution in [2.24, 2.45) is 0 Å². The number of ether oxygens (including phenoxy) is 1. The molecule has 0 heterocycles. The summed E-state index contributed by atoms with van der Waals surface area (Å²) in [4.78, 5) is 30.1. The molecule has 0 fully saturated rings. The Balaban J connectivity index is 0.000000612. The highest BCUT2D eigenvalue weighted by atomic mass is 79.9. The van der Waals surface area contributed by atoms with E-state index in [9.17, 15) is 4.79 Å². The van der Waals surface area contributed by atoms with Crippen LogP contribution in [0.25, 0.3) is 0 Å². The topological polar surface area (TPSA) is 125 Å². The molecule has 8 nitrogen and oxygen atoms in total. The van der Waals surface area contributed by atoms with Crippen molar-refractivity contribution in [1.82, 2.24) is 10.6 Å². The lowest BCUT2D eigenvalue weighted by molar-refractivity contribution is -0.159. The van der Waals surface area contributed by atoms with Crippen molar-refractivity contribution < 1.29 is 29.3 Å². The largest absolute Gasteiger partial charge is 0.496 e. The third-order valence-electron chi connectivity index (χ3n) is 3.43. The summed E-state index contributed by atoms with van der Waals surface area (Å²) >= 11 is 9.25. The molecule has 2 rings (SSSR count). The third-order valence-corrected chi connectivity index (χ3v) is 4.18. The molecule has 0 atom stereocenters. The molecule has 2 aromatic rings. The summed E-state index contributed by atoms with van der Waals surface area (Å²) in [6, 6.07) is 12.7. The number of rotatable bonds is 7. The molecule has 10 heteroatoms. The van der Waals surface area contributed by atoms with Gasteiger partial charge in [0.15, 0.2) is 0 Å². The maximum atomic E-state index is 11.9. The van der Waals surface area contributed by atoms with Gasteiger partial charge in [0.25, 0.3) is 5.91 Å². The summed E-state index contributed by atoms with van der Waals surface area (Å²) in [7, 11) is 1.65. The summed E-state index contributed by atoms with van der Waals surface area (Å²) in [6.45, 7) is 1.87. The predicted octanol–water partition coefficient (Wildman–Crippen LogP) is 2.79. The van der Waals surface area contributed by atoms with E-state index in [0.29, 0.717) is 30.2 Å². The first-order valence-electron chi connectivity index (χ1n) is 8.27. The number of hydrogen-bond acceptors (Lipinski definition) is 5. The fourth-order valence-corrected chi connectivity index (χ4v) is 2.61. The van der Waals surface area contributed by atoms with E-state index in [1.54, 1.807) is 31.4 Å². The molecule has 0 radical (unpaired) electrons. The van der Waals surface area contributed by atoms with Crippen LogP contribution in [-0.2, 0) is 16.1 Å². The zero-order valence-corrected chi connectivity index (χ0v) is 17.8. The maximum absolute atomic E-state index is 11.9. The molecule has 1 amide bonds. The summed E-state index contributed by atoms with van der Waals surface area (Å²) < 4.78 is 6.33. The smallest absolute Gasteiger partial charge is 0.414 e. The van der Waals surface area contributed by atoms with Gasteiger partial charge in [-0.1, -0.05) is 27.5 Å². The number of carbonyl (C=O) groups excluding carboxylic acids is 1. The fraction of sp³-hybridized carbons (Fsp3) is 0.211. The van der Waals surface area contributed by atoms with Crippen molar-refractivity contribution in [3.05, 3.63) is 63.1 Å². The Labute approximate surface area is 181 Å². The van der Waals surface area contributed by atoms with Gasteiger partial charge in [-0.25, -0.2) is 9.59 Å². The summed E-state index contributed by atoms with van der Waals surface area (Å²) in [5, 5.41) is 21.5. The average Bonchev–Trinajstić information content (AvgIpc) is 2.68. The number of amides is 1. The van der Waals surface area contributed by atoms with Gasteiger partial charge < -0.3 is 25.6 Å². The number of benzene rings is 2. The van der Waals surface area contributed by atoms with E-state index in [2.05, 4.69) is 26.6 Å². The molecule has 2 aromatic carbocycles. The standard InChI is InChI=1S/C17H18BrClN2O2.C2H2O4/c1-23-16-7-4-14(18)10-13(16)11-20-8-9-21-17(22)12-2-5-15(19)6-3-12;3-1(4)2(5)6/h2-7,10,20H,8-9,11H2,1H3,(H,21,22);(H,3,4)(H,5,6). The molecular formula is C19H20BrClN2O6. The normalized spacial score (nSPS) is 9.76. The molecule has 156 valence electrons. The Hall–Kier alpha value is -2.62. The Morgan fingerprint density at radius 3 is 2.21 bits per heavy atom. The van der Waals surface area contributed by atoms with Crippen molar-refractivity contribution >= 4 is 45.4 Å². The quantitative estimate of drug-likeness (QED) is 0.349.